The number of pyridine rings is 1. The molecule has 1 aromatic heterocycles. The molecule has 0 spiro atoms. The van der Waals surface area contributed by atoms with Gasteiger partial charge in [0, 0.05) is 24.8 Å². The smallest absolute Gasteiger partial charge is 0.132 e. The quantitative estimate of drug-likeness (QED) is 0.921. The van der Waals surface area contributed by atoms with Gasteiger partial charge in [0.1, 0.15) is 5.82 Å². The Morgan fingerprint density at radius 1 is 1.29 bits per heavy atom. The SMILES string of the molecule is CCC(N)Cc1cccnc1N1CCC[C@H]2CCCC[C@H]21. The average molecular weight is 287 g/mol. The summed E-state index contributed by atoms with van der Waals surface area (Å²) in [6.07, 6.45) is 12.2. The van der Waals surface area contributed by atoms with Crippen LogP contribution in [0.25, 0.3) is 0 Å². The molecule has 1 saturated carbocycles. The summed E-state index contributed by atoms with van der Waals surface area (Å²) in [5.74, 6) is 2.11. The van der Waals surface area contributed by atoms with E-state index in [4.69, 9.17) is 10.7 Å². The Morgan fingerprint density at radius 2 is 2.10 bits per heavy atom. The summed E-state index contributed by atoms with van der Waals surface area (Å²) < 4.78 is 0. The second-order valence-electron chi connectivity index (χ2n) is 6.81. The van der Waals surface area contributed by atoms with Crippen LogP contribution in [0.3, 0.4) is 0 Å². The Kier molecular flexibility index (Phi) is 4.79. The number of anilines is 1. The van der Waals surface area contributed by atoms with Gasteiger partial charge in [0.05, 0.1) is 0 Å². The lowest BCUT2D eigenvalue weighted by molar-refractivity contribution is 0.242. The molecule has 0 amide bonds. The average Bonchev–Trinajstić information content (AvgIpc) is 2.55. The molecule has 1 saturated heterocycles. The van der Waals surface area contributed by atoms with Crippen LogP contribution in [0.2, 0.25) is 0 Å². The van der Waals surface area contributed by atoms with Gasteiger partial charge in [-0.15, -0.1) is 0 Å². The second-order valence-corrected chi connectivity index (χ2v) is 6.81. The first-order chi connectivity index (χ1) is 10.3. The predicted molar refractivity (Wildman–Crippen MR) is 88.5 cm³/mol. The second kappa shape index (κ2) is 6.78. The van der Waals surface area contributed by atoms with Crippen LogP contribution in [0.4, 0.5) is 5.82 Å². The van der Waals surface area contributed by atoms with E-state index in [0.29, 0.717) is 0 Å². The van der Waals surface area contributed by atoms with Crippen molar-refractivity contribution in [2.45, 2.75) is 70.4 Å². The Bertz CT molecular complexity index is 458. The third kappa shape index (κ3) is 3.23. The molecule has 3 heteroatoms. The zero-order valence-electron chi connectivity index (χ0n) is 13.3. The fourth-order valence-electron chi connectivity index (χ4n) is 4.16. The van der Waals surface area contributed by atoms with Gasteiger partial charge in [-0.3, -0.25) is 0 Å². The summed E-state index contributed by atoms with van der Waals surface area (Å²) in [5.41, 5.74) is 7.53. The molecule has 1 aliphatic heterocycles. The van der Waals surface area contributed by atoms with E-state index >= 15 is 0 Å². The van der Waals surface area contributed by atoms with E-state index in [9.17, 15) is 0 Å². The highest BCUT2D eigenvalue weighted by atomic mass is 15.2. The Balaban J connectivity index is 1.84. The first kappa shape index (κ1) is 14.8. The van der Waals surface area contributed by atoms with Crippen LogP contribution in [-0.4, -0.2) is 23.6 Å². The van der Waals surface area contributed by atoms with E-state index in [1.807, 2.05) is 6.20 Å². The fourth-order valence-corrected chi connectivity index (χ4v) is 4.16. The van der Waals surface area contributed by atoms with E-state index in [2.05, 4.69) is 24.0 Å². The third-order valence-corrected chi connectivity index (χ3v) is 5.39. The van der Waals surface area contributed by atoms with Crippen LogP contribution in [0, 0.1) is 5.92 Å². The van der Waals surface area contributed by atoms with Crippen molar-refractivity contribution in [2.24, 2.45) is 11.7 Å². The number of hydrogen-bond donors (Lipinski definition) is 1. The molecular formula is C18H29N3. The van der Waals surface area contributed by atoms with Crippen LogP contribution in [0.15, 0.2) is 18.3 Å². The van der Waals surface area contributed by atoms with Gasteiger partial charge < -0.3 is 10.6 Å². The molecular weight excluding hydrogens is 258 g/mol. The summed E-state index contributed by atoms with van der Waals surface area (Å²) in [6.45, 7) is 3.34. The molecule has 3 rings (SSSR count). The minimum absolute atomic E-state index is 0.250. The summed E-state index contributed by atoms with van der Waals surface area (Å²) in [4.78, 5) is 7.37. The van der Waals surface area contributed by atoms with Gasteiger partial charge in [0.25, 0.3) is 0 Å². The zero-order valence-corrected chi connectivity index (χ0v) is 13.3. The van der Waals surface area contributed by atoms with Gasteiger partial charge in [-0.25, -0.2) is 4.98 Å². The maximum absolute atomic E-state index is 6.19. The number of hydrogen-bond acceptors (Lipinski definition) is 3. The summed E-state index contributed by atoms with van der Waals surface area (Å²) in [7, 11) is 0. The number of nitrogens with two attached hydrogens (primary N) is 1. The number of aromatic nitrogens is 1. The number of nitrogens with zero attached hydrogens (tertiary/aromatic N) is 2. The van der Waals surface area contributed by atoms with Crippen molar-refractivity contribution >= 4 is 5.82 Å². The van der Waals surface area contributed by atoms with Crippen molar-refractivity contribution < 1.29 is 0 Å². The van der Waals surface area contributed by atoms with Gasteiger partial charge in [0.15, 0.2) is 0 Å². The Morgan fingerprint density at radius 3 is 2.95 bits per heavy atom. The molecule has 3 nitrogen and oxygen atoms in total. The molecule has 116 valence electrons. The number of fused-ring (bicyclic) bond motifs is 1. The van der Waals surface area contributed by atoms with Crippen LogP contribution in [-0.2, 0) is 6.42 Å². The minimum atomic E-state index is 0.250. The Hall–Kier alpha value is -1.09. The van der Waals surface area contributed by atoms with Crippen molar-refractivity contribution in [3.63, 3.8) is 0 Å². The highest BCUT2D eigenvalue weighted by molar-refractivity contribution is 5.49. The van der Waals surface area contributed by atoms with Crippen molar-refractivity contribution in [1.82, 2.24) is 4.98 Å². The van der Waals surface area contributed by atoms with Gasteiger partial charge in [-0.2, -0.15) is 0 Å². The zero-order chi connectivity index (χ0) is 14.7. The van der Waals surface area contributed by atoms with Gasteiger partial charge in [-0.05, 0) is 56.1 Å². The van der Waals surface area contributed by atoms with Crippen LogP contribution in [0.5, 0.6) is 0 Å². The summed E-state index contributed by atoms with van der Waals surface area (Å²) in [5, 5.41) is 0. The van der Waals surface area contributed by atoms with E-state index < -0.39 is 0 Å². The lowest BCUT2D eigenvalue weighted by Crippen LogP contribution is -2.47. The van der Waals surface area contributed by atoms with Gasteiger partial charge >= 0.3 is 0 Å². The molecule has 1 aliphatic carbocycles. The largest absolute Gasteiger partial charge is 0.353 e. The standard InChI is InChI=1S/C18H29N3/c1-2-16(19)13-15-8-5-11-20-18(15)21-12-6-9-14-7-3-4-10-17(14)21/h5,8,11,14,16-17H,2-4,6-7,9-10,12-13,19H2,1H3/t14-,16?,17-/m1/s1. The van der Waals surface area contributed by atoms with Gasteiger partial charge in [-0.1, -0.05) is 25.8 Å². The first-order valence-electron chi connectivity index (χ1n) is 8.75. The Labute approximate surface area is 128 Å². The molecule has 0 aromatic carbocycles. The molecule has 21 heavy (non-hydrogen) atoms. The topological polar surface area (TPSA) is 42.1 Å². The van der Waals surface area contributed by atoms with Crippen LogP contribution in [0.1, 0.15) is 57.4 Å². The van der Waals surface area contributed by atoms with Gasteiger partial charge in [0.2, 0.25) is 0 Å². The normalized spacial score (nSPS) is 27.2. The van der Waals surface area contributed by atoms with Crippen LogP contribution < -0.4 is 10.6 Å². The molecule has 3 atom stereocenters. The molecule has 1 unspecified atom stereocenters. The molecule has 0 radical (unpaired) electrons. The van der Waals surface area contributed by atoms with Crippen molar-refractivity contribution in [2.75, 3.05) is 11.4 Å². The predicted octanol–water partition coefficient (Wildman–Crippen LogP) is 3.52. The number of piperidine rings is 1. The molecule has 1 aromatic rings. The first-order valence-corrected chi connectivity index (χ1v) is 8.75. The van der Waals surface area contributed by atoms with E-state index in [1.165, 1.54) is 56.5 Å². The van der Waals surface area contributed by atoms with E-state index in [-0.39, 0.29) is 6.04 Å². The molecule has 2 fully saturated rings. The van der Waals surface area contributed by atoms with E-state index in [0.717, 1.165) is 24.8 Å². The van der Waals surface area contributed by atoms with Crippen molar-refractivity contribution in [3.05, 3.63) is 23.9 Å². The van der Waals surface area contributed by atoms with Crippen molar-refractivity contribution in [1.29, 1.82) is 0 Å². The van der Waals surface area contributed by atoms with Crippen LogP contribution >= 0.6 is 0 Å². The summed E-state index contributed by atoms with van der Waals surface area (Å²) in [6, 6.07) is 5.26. The lowest BCUT2D eigenvalue weighted by Gasteiger charge is -2.45. The molecule has 2 heterocycles. The minimum Gasteiger partial charge on any atom is -0.353 e. The third-order valence-electron chi connectivity index (χ3n) is 5.39. The maximum atomic E-state index is 6.19. The fraction of sp³-hybridized carbons (Fsp3) is 0.722. The van der Waals surface area contributed by atoms with Crippen molar-refractivity contribution in [3.8, 4) is 0 Å². The summed E-state index contributed by atoms with van der Waals surface area (Å²) >= 11 is 0. The highest BCUT2D eigenvalue weighted by Crippen LogP contribution is 2.38. The molecule has 0 bridgehead atoms. The molecule has 2 N–H and O–H groups in total. The lowest BCUT2D eigenvalue weighted by atomic mass is 9.78. The highest BCUT2D eigenvalue weighted by Gasteiger charge is 2.34. The van der Waals surface area contributed by atoms with E-state index in [1.54, 1.807) is 0 Å². The monoisotopic (exact) mass is 287 g/mol. The maximum Gasteiger partial charge on any atom is 0.132 e. The molecule has 2 aliphatic rings. The number of rotatable bonds is 4.